The lowest BCUT2D eigenvalue weighted by molar-refractivity contribution is -0.133. The highest BCUT2D eigenvalue weighted by Crippen LogP contribution is 2.26. The first-order valence-corrected chi connectivity index (χ1v) is 10.4. The van der Waals surface area contributed by atoms with Crippen LogP contribution < -0.4 is 11.3 Å². The number of aromatic hydroxyl groups is 1. The van der Waals surface area contributed by atoms with Gasteiger partial charge in [-0.25, -0.2) is 4.39 Å². The first kappa shape index (κ1) is 21.5. The third-order valence-electron chi connectivity index (χ3n) is 5.72. The Morgan fingerprint density at radius 1 is 1.12 bits per heavy atom. The van der Waals surface area contributed by atoms with Crippen molar-refractivity contribution < 1.29 is 19.1 Å². The van der Waals surface area contributed by atoms with E-state index < -0.39 is 22.8 Å². The van der Waals surface area contributed by atoms with Crippen LogP contribution in [0.15, 0.2) is 41.3 Å². The van der Waals surface area contributed by atoms with E-state index in [1.54, 1.807) is 23.1 Å². The fourth-order valence-corrected chi connectivity index (χ4v) is 4.04. The van der Waals surface area contributed by atoms with Gasteiger partial charge in [0.15, 0.2) is 5.75 Å². The fourth-order valence-electron chi connectivity index (χ4n) is 4.04. The quantitative estimate of drug-likeness (QED) is 0.610. The van der Waals surface area contributed by atoms with Crippen molar-refractivity contribution in [3.8, 4) is 5.75 Å². The number of halogens is 1. The predicted octanol–water partition coefficient (Wildman–Crippen LogP) is 1.94. The molecule has 0 spiro atoms. The number of carbonyl (C=O) groups is 2. The Morgan fingerprint density at radius 3 is 2.56 bits per heavy atom. The summed E-state index contributed by atoms with van der Waals surface area (Å²) in [7, 11) is 0. The SMILES string of the molecule is NC(=O)c1c(O)c2ncc(Cc3ccc(F)cc3)cc2n(CCN2CCCCC2=O)c1=O. The first-order chi connectivity index (χ1) is 15.3. The van der Waals surface area contributed by atoms with Crippen molar-refractivity contribution in [1.82, 2.24) is 14.5 Å². The maximum atomic E-state index is 13.2. The van der Waals surface area contributed by atoms with E-state index in [2.05, 4.69) is 4.98 Å². The lowest BCUT2D eigenvalue weighted by Gasteiger charge is -2.27. The van der Waals surface area contributed by atoms with Crippen LogP contribution in [0.25, 0.3) is 11.0 Å². The van der Waals surface area contributed by atoms with Crippen LogP contribution in [0.3, 0.4) is 0 Å². The molecule has 9 heteroatoms. The van der Waals surface area contributed by atoms with Gasteiger partial charge in [-0.1, -0.05) is 12.1 Å². The summed E-state index contributed by atoms with van der Waals surface area (Å²) in [5, 5.41) is 10.5. The average Bonchev–Trinajstić information content (AvgIpc) is 2.76. The summed E-state index contributed by atoms with van der Waals surface area (Å²) in [6.45, 7) is 1.03. The number of amides is 2. The molecule has 32 heavy (non-hydrogen) atoms. The van der Waals surface area contributed by atoms with Gasteiger partial charge in [0.25, 0.3) is 11.5 Å². The minimum absolute atomic E-state index is 0.0256. The largest absolute Gasteiger partial charge is 0.505 e. The van der Waals surface area contributed by atoms with E-state index in [0.717, 1.165) is 24.0 Å². The number of hydrogen-bond donors (Lipinski definition) is 2. The van der Waals surface area contributed by atoms with E-state index >= 15 is 0 Å². The van der Waals surface area contributed by atoms with Gasteiger partial charge in [-0.3, -0.25) is 19.4 Å². The van der Waals surface area contributed by atoms with Crippen molar-refractivity contribution in [3.05, 3.63) is 69.4 Å². The van der Waals surface area contributed by atoms with Crippen LogP contribution in [-0.4, -0.2) is 44.5 Å². The number of likely N-dealkylation sites (tertiary alicyclic amines) is 1. The molecule has 0 unspecified atom stereocenters. The third-order valence-corrected chi connectivity index (χ3v) is 5.72. The zero-order valence-electron chi connectivity index (χ0n) is 17.4. The Labute approximate surface area is 183 Å². The Kier molecular flexibility index (Phi) is 5.89. The summed E-state index contributed by atoms with van der Waals surface area (Å²) in [5.74, 6) is -1.92. The van der Waals surface area contributed by atoms with Crippen molar-refractivity contribution in [2.24, 2.45) is 5.73 Å². The van der Waals surface area contributed by atoms with Crippen LogP contribution in [0.1, 0.15) is 40.7 Å². The molecule has 1 aliphatic heterocycles. The highest BCUT2D eigenvalue weighted by atomic mass is 19.1. The Bertz CT molecular complexity index is 1250. The molecule has 8 nitrogen and oxygen atoms in total. The van der Waals surface area contributed by atoms with Gasteiger partial charge in [0.05, 0.1) is 5.52 Å². The van der Waals surface area contributed by atoms with E-state index in [1.807, 2.05) is 0 Å². The van der Waals surface area contributed by atoms with Crippen molar-refractivity contribution in [2.45, 2.75) is 32.2 Å². The summed E-state index contributed by atoms with van der Waals surface area (Å²) in [6.07, 6.45) is 4.17. The molecule has 4 rings (SSSR count). The molecule has 3 heterocycles. The van der Waals surface area contributed by atoms with Crippen LogP contribution in [0.5, 0.6) is 5.75 Å². The van der Waals surface area contributed by atoms with E-state index in [4.69, 9.17) is 5.73 Å². The maximum absolute atomic E-state index is 13.2. The molecule has 2 aromatic heterocycles. The Morgan fingerprint density at radius 2 is 1.88 bits per heavy atom. The van der Waals surface area contributed by atoms with Crippen molar-refractivity contribution in [1.29, 1.82) is 0 Å². The summed E-state index contributed by atoms with van der Waals surface area (Å²) in [5.41, 5.74) is 6.08. The molecule has 1 aromatic carbocycles. The smallest absolute Gasteiger partial charge is 0.267 e. The standard InChI is InChI=1S/C23H23FN4O4/c24-16-6-4-14(5-7-16)11-15-12-17-20(26-13-15)21(30)19(22(25)31)23(32)28(17)10-9-27-8-2-1-3-18(27)29/h4-7,12-13,30H,1-3,8-11H2,(H2,25,31). The number of benzene rings is 1. The van der Waals surface area contributed by atoms with Crippen LogP contribution in [0.2, 0.25) is 0 Å². The van der Waals surface area contributed by atoms with Crippen LogP contribution in [0, 0.1) is 5.82 Å². The highest BCUT2D eigenvalue weighted by Gasteiger charge is 2.23. The molecule has 0 bridgehead atoms. The minimum atomic E-state index is -1.05. The Balaban J connectivity index is 1.76. The first-order valence-electron chi connectivity index (χ1n) is 10.4. The maximum Gasteiger partial charge on any atom is 0.267 e. The van der Waals surface area contributed by atoms with Crippen LogP contribution in [-0.2, 0) is 17.8 Å². The lowest BCUT2D eigenvalue weighted by atomic mass is 10.1. The van der Waals surface area contributed by atoms with Gasteiger partial charge < -0.3 is 20.3 Å². The number of pyridine rings is 2. The molecular weight excluding hydrogens is 415 g/mol. The zero-order valence-corrected chi connectivity index (χ0v) is 17.4. The molecule has 3 aromatic rings. The van der Waals surface area contributed by atoms with Crippen LogP contribution >= 0.6 is 0 Å². The number of nitrogens with zero attached hydrogens (tertiary/aromatic N) is 3. The number of nitrogens with two attached hydrogens (primary N) is 1. The van der Waals surface area contributed by atoms with E-state index in [0.29, 0.717) is 31.4 Å². The van der Waals surface area contributed by atoms with Gasteiger partial charge in [0.1, 0.15) is 16.9 Å². The molecule has 2 amide bonds. The number of aromatic nitrogens is 2. The number of fused-ring (bicyclic) bond motifs is 1. The predicted molar refractivity (Wildman–Crippen MR) is 116 cm³/mol. The zero-order chi connectivity index (χ0) is 22.8. The molecule has 166 valence electrons. The molecule has 1 saturated heterocycles. The number of primary amides is 1. The molecule has 1 fully saturated rings. The van der Waals surface area contributed by atoms with Crippen molar-refractivity contribution in [2.75, 3.05) is 13.1 Å². The second-order valence-electron chi connectivity index (χ2n) is 7.90. The summed E-state index contributed by atoms with van der Waals surface area (Å²) < 4.78 is 14.5. The van der Waals surface area contributed by atoms with Crippen molar-refractivity contribution >= 4 is 22.8 Å². The highest BCUT2D eigenvalue weighted by molar-refractivity contribution is 6.00. The van der Waals surface area contributed by atoms with Gasteiger partial charge in [-0.05, 0) is 48.6 Å². The molecular formula is C23H23FN4O4. The van der Waals surface area contributed by atoms with Gasteiger partial charge in [0, 0.05) is 32.3 Å². The summed E-state index contributed by atoms with van der Waals surface area (Å²) in [6, 6.07) is 7.74. The van der Waals surface area contributed by atoms with E-state index in [9.17, 15) is 23.9 Å². The molecule has 1 aliphatic rings. The number of carbonyl (C=O) groups excluding carboxylic acids is 2. The van der Waals surface area contributed by atoms with Gasteiger partial charge >= 0.3 is 0 Å². The fraction of sp³-hybridized carbons (Fsp3) is 0.304. The molecule has 0 radical (unpaired) electrons. The molecule has 0 atom stereocenters. The van der Waals surface area contributed by atoms with E-state index in [-0.39, 0.29) is 23.8 Å². The molecule has 0 saturated carbocycles. The number of rotatable bonds is 6. The summed E-state index contributed by atoms with van der Waals surface area (Å²) in [4.78, 5) is 43.0. The topological polar surface area (TPSA) is 119 Å². The second kappa shape index (κ2) is 8.78. The lowest BCUT2D eigenvalue weighted by Crippen LogP contribution is -2.39. The summed E-state index contributed by atoms with van der Waals surface area (Å²) >= 11 is 0. The minimum Gasteiger partial charge on any atom is -0.505 e. The van der Waals surface area contributed by atoms with Crippen LogP contribution in [0.4, 0.5) is 4.39 Å². The monoisotopic (exact) mass is 438 g/mol. The molecule has 3 N–H and O–H groups in total. The number of hydrogen-bond acceptors (Lipinski definition) is 5. The van der Waals surface area contributed by atoms with Crippen molar-refractivity contribution in [3.63, 3.8) is 0 Å². The molecule has 0 aliphatic carbocycles. The normalized spacial score (nSPS) is 14.2. The average molecular weight is 438 g/mol. The van der Waals surface area contributed by atoms with E-state index in [1.165, 1.54) is 22.9 Å². The third kappa shape index (κ3) is 4.18. The second-order valence-corrected chi connectivity index (χ2v) is 7.90. The Hall–Kier alpha value is -3.75. The van der Waals surface area contributed by atoms with Gasteiger partial charge in [-0.2, -0.15) is 0 Å². The van der Waals surface area contributed by atoms with Gasteiger partial charge in [0.2, 0.25) is 5.91 Å². The van der Waals surface area contributed by atoms with Gasteiger partial charge in [-0.15, -0.1) is 0 Å². The number of piperidine rings is 1.